The molecule has 1 N–H and O–H groups in total. The van der Waals surface area contributed by atoms with Gasteiger partial charge in [0.2, 0.25) is 0 Å². The highest BCUT2D eigenvalue weighted by molar-refractivity contribution is 5.97. The summed E-state index contributed by atoms with van der Waals surface area (Å²) < 4.78 is 10.9. The molecule has 5 heteroatoms. The second kappa shape index (κ2) is 8.00. The average molecular weight is 292 g/mol. The van der Waals surface area contributed by atoms with Crippen molar-refractivity contribution in [1.82, 2.24) is 10.2 Å². The summed E-state index contributed by atoms with van der Waals surface area (Å²) in [6.45, 7) is 5.42. The summed E-state index contributed by atoms with van der Waals surface area (Å²) in [5.41, 5.74) is 0.614. The topological polar surface area (TPSA) is 50.8 Å². The number of rotatable bonds is 7. The van der Waals surface area contributed by atoms with Crippen LogP contribution in [0.3, 0.4) is 0 Å². The van der Waals surface area contributed by atoms with Gasteiger partial charge in [-0.1, -0.05) is 12.1 Å². The molecule has 0 aliphatic carbocycles. The third-order valence-corrected chi connectivity index (χ3v) is 3.71. The van der Waals surface area contributed by atoms with Crippen molar-refractivity contribution in [3.8, 4) is 5.75 Å². The van der Waals surface area contributed by atoms with Crippen LogP contribution in [0, 0.1) is 0 Å². The van der Waals surface area contributed by atoms with E-state index < -0.39 is 0 Å². The van der Waals surface area contributed by atoms with Gasteiger partial charge >= 0.3 is 0 Å². The number of carbonyl (C=O) groups excluding carboxylic acids is 1. The largest absolute Gasteiger partial charge is 0.490 e. The number of hydrogen-bond acceptors (Lipinski definition) is 4. The number of amides is 1. The molecule has 1 atom stereocenters. The van der Waals surface area contributed by atoms with Crippen LogP contribution < -0.4 is 10.1 Å². The maximum atomic E-state index is 12.6. The third-order valence-electron chi connectivity index (χ3n) is 3.71. The third kappa shape index (κ3) is 4.19. The Labute approximate surface area is 126 Å². The molecule has 21 heavy (non-hydrogen) atoms. The SMILES string of the molecule is CCOCCOc1ccccc1C(=O)N(C)C1CCNC1. The van der Waals surface area contributed by atoms with E-state index in [1.54, 1.807) is 0 Å². The normalized spacial score (nSPS) is 17.7. The molecular weight excluding hydrogens is 268 g/mol. The first-order valence-corrected chi connectivity index (χ1v) is 7.51. The quantitative estimate of drug-likeness (QED) is 0.775. The molecule has 1 fully saturated rings. The van der Waals surface area contributed by atoms with E-state index in [1.807, 2.05) is 43.1 Å². The van der Waals surface area contributed by atoms with E-state index >= 15 is 0 Å². The molecule has 2 rings (SSSR count). The molecule has 5 nitrogen and oxygen atoms in total. The van der Waals surface area contributed by atoms with E-state index in [0.717, 1.165) is 19.5 Å². The van der Waals surface area contributed by atoms with E-state index in [2.05, 4.69) is 5.32 Å². The van der Waals surface area contributed by atoms with E-state index in [0.29, 0.717) is 31.1 Å². The summed E-state index contributed by atoms with van der Waals surface area (Å²) in [6, 6.07) is 7.65. The number of ether oxygens (including phenoxy) is 2. The Hall–Kier alpha value is -1.59. The lowest BCUT2D eigenvalue weighted by Crippen LogP contribution is -2.38. The zero-order valence-electron chi connectivity index (χ0n) is 12.8. The first-order valence-electron chi connectivity index (χ1n) is 7.51. The van der Waals surface area contributed by atoms with Gasteiger partial charge in [0.15, 0.2) is 0 Å². The number of likely N-dealkylation sites (N-methyl/N-ethyl adjacent to an activating group) is 1. The average Bonchev–Trinajstić information content (AvgIpc) is 3.05. The number of para-hydroxylation sites is 1. The maximum absolute atomic E-state index is 12.6. The number of hydrogen-bond donors (Lipinski definition) is 1. The summed E-state index contributed by atoms with van der Waals surface area (Å²) in [7, 11) is 1.86. The first-order chi connectivity index (χ1) is 10.2. The Morgan fingerprint density at radius 3 is 2.90 bits per heavy atom. The van der Waals surface area contributed by atoms with Crippen molar-refractivity contribution in [3.63, 3.8) is 0 Å². The smallest absolute Gasteiger partial charge is 0.257 e. The van der Waals surface area contributed by atoms with Gasteiger partial charge in [0.05, 0.1) is 12.2 Å². The van der Waals surface area contributed by atoms with Crippen LogP contribution in [0.25, 0.3) is 0 Å². The molecule has 1 amide bonds. The predicted molar refractivity (Wildman–Crippen MR) is 81.8 cm³/mol. The molecule has 1 heterocycles. The predicted octanol–water partition coefficient (Wildman–Crippen LogP) is 1.54. The molecule has 1 aliphatic heterocycles. The maximum Gasteiger partial charge on any atom is 0.257 e. The Morgan fingerprint density at radius 1 is 1.38 bits per heavy atom. The van der Waals surface area contributed by atoms with Crippen molar-refractivity contribution >= 4 is 5.91 Å². The Morgan fingerprint density at radius 2 is 2.19 bits per heavy atom. The summed E-state index contributed by atoms with van der Waals surface area (Å²) in [5, 5.41) is 3.28. The molecule has 1 aromatic carbocycles. The van der Waals surface area contributed by atoms with Gasteiger partial charge < -0.3 is 19.7 Å². The molecule has 1 aromatic rings. The van der Waals surface area contributed by atoms with Gasteiger partial charge in [0, 0.05) is 26.2 Å². The van der Waals surface area contributed by atoms with E-state index in [4.69, 9.17) is 9.47 Å². The highest BCUT2D eigenvalue weighted by atomic mass is 16.5. The van der Waals surface area contributed by atoms with Crippen molar-refractivity contribution in [1.29, 1.82) is 0 Å². The van der Waals surface area contributed by atoms with Crippen molar-refractivity contribution < 1.29 is 14.3 Å². The number of nitrogens with zero attached hydrogens (tertiary/aromatic N) is 1. The van der Waals surface area contributed by atoms with Crippen LogP contribution in [0.4, 0.5) is 0 Å². The zero-order chi connectivity index (χ0) is 15.1. The summed E-state index contributed by atoms with van der Waals surface area (Å²) in [6.07, 6.45) is 0.996. The molecule has 0 radical (unpaired) electrons. The van der Waals surface area contributed by atoms with Gasteiger partial charge in [-0.2, -0.15) is 0 Å². The number of benzene rings is 1. The van der Waals surface area contributed by atoms with Gasteiger partial charge in [-0.25, -0.2) is 0 Å². The first kappa shape index (κ1) is 15.8. The van der Waals surface area contributed by atoms with Crippen LogP contribution in [0.5, 0.6) is 5.75 Å². The molecule has 116 valence electrons. The monoisotopic (exact) mass is 292 g/mol. The van der Waals surface area contributed by atoms with Gasteiger partial charge in [-0.15, -0.1) is 0 Å². The molecule has 0 aromatic heterocycles. The second-order valence-electron chi connectivity index (χ2n) is 5.10. The Balaban J connectivity index is 2.02. The van der Waals surface area contributed by atoms with Gasteiger partial charge in [-0.3, -0.25) is 4.79 Å². The number of carbonyl (C=O) groups is 1. The zero-order valence-corrected chi connectivity index (χ0v) is 12.8. The van der Waals surface area contributed by atoms with Crippen LogP contribution in [-0.2, 0) is 4.74 Å². The van der Waals surface area contributed by atoms with Crippen molar-refractivity contribution in [2.45, 2.75) is 19.4 Å². The summed E-state index contributed by atoms with van der Waals surface area (Å²) >= 11 is 0. The van der Waals surface area contributed by atoms with Crippen LogP contribution in [0.1, 0.15) is 23.7 Å². The molecule has 0 bridgehead atoms. The lowest BCUT2D eigenvalue weighted by molar-refractivity contribution is 0.0733. The van der Waals surface area contributed by atoms with E-state index in [1.165, 1.54) is 0 Å². The summed E-state index contributed by atoms with van der Waals surface area (Å²) in [5.74, 6) is 0.635. The minimum Gasteiger partial charge on any atom is -0.490 e. The fourth-order valence-corrected chi connectivity index (χ4v) is 2.45. The minimum atomic E-state index is 0.00992. The lowest BCUT2D eigenvalue weighted by Gasteiger charge is -2.24. The van der Waals surface area contributed by atoms with E-state index in [-0.39, 0.29) is 11.9 Å². The molecule has 1 saturated heterocycles. The fraction of sp³-hybridized carbons (Fsp3) is 0.562. The van der Waals surface area contributed by atoms with Crippen molar-refractivity contribution in [2.75, 3.05) is 40.0 Å². The summed E-state index contributed by atoms with van der Waals surface area (Å²) in [4.78, 5) is 14.4. The van der Waals surface area contributed by atoms with Crippen LogP contribution in [0.15, 0.2) is 24.3 Å². The molecule has 0 saturated carbocycles. The highest BCUT2D eigenvalue weighted by Gasteiger charge is 2.25. The van der Waals surface area contributed by atoms with Crippen LogP contribution >= 0.6 is 0 Å². The second-order valence-corrected chi connectivity index (χ2v) is 5.10. The number of nitrogens with one attached hydrogen (secondary N) is 1. The molecular formula is C16H24N2O3. The van der Waals surface area contributed by atoms with Crippen LogP contribution in [-0.4, -0.2) is 56.8 Å². The fourth-order valence-electron chi connectivity index (χ4n) is 2.45. The lowest BCUT2D eigenvalue weighted by atomic mass is 10.1. The van der Waals surface area contributed by atoms with Crippen molar-refractivity contribution in [2.24, 2.45) is 0 Å². The van der Waals surface area contributed by atoms with Crippen molar-refractivity contribution in [3.05, 3.63) is 29.8 Å². The van der Waals surface area contributed by atoms with Gasteiger partial charge in [-0.05, 0) is 32.0 Å². The Bertz CT molecular complexity index is 459. The van der Waals surface area contributed by atoms with E-state index in [9.17, 15) is 4.79 Å². The van der Waals surface area contributed by atoms with Gasteiger partial charge in [0.25, 0.3) is 5.91 Å². The molecule has 0 spiro atoms. The minimum absolute atomic E-state index is 0.00992. The van der Waals surface area contributed by atoms with Gasteiger partial charge in [0.1, 0.15) is 12.4 Å². The Kier molecular flexibility index (Phi) is 6.02. The highest BCUT2D eigenvalue weighted by Crippen LogP contribution is 2.21. The van der Waals surface area contributed by atoms with Crippen LogP contribution in [0.2, 0.25) is 0 Å². The molecule has 1 aliphatic rings. The molecule has 1 unspecified atom stereocenters. The standard InChI is InChI=1S/C16H24N2O3/c1-3-20-10-11-21-15-7-5-4-6-14(15)16(19)18(2)13-8-9-17-12-13/h4-7,13,17H,3,8-12H2,1-2H3.